The second-order valence-corrected chi connectivity index (χ2v) is 12.6. The molecule has 3 unspecified atom stereocenters. The van der Waals surface area contributed by atoms with Crippen molar-refractivity contribution in [3.63, 3.8) is 0 Å². The SMILES string of the molecule is C=CCCCOC(=O)[C@H]1[C@H]2C(=O)N([C@@H](CO)C(C)C)C(C(=O)N(CC=C)CCN3CCOCC3)C23CC(C)[C@]1(C)O3. The van der Waals surface area contributed by atoms with E-state index in [1.165, 1.54) is 0 Å². The van der Waals surface area contributed by atoms with E-state index in [0.717, 1.165) is 19.5 Å². The summed E-state index contributed by atoms with van der Waals surface area (Å²) in [4.78, 5) is 48.2. The minimum atomic E-state index is -1.19. The Kier molecular flexibility index (Phi) is 9.99. The minimum absolute atomic E-state index is 0.0830. The van der Waals surface area contributed by atoms with Crippen molar-refractivity contribution in [2.75, 3.05) is 59.2 Å². The second-order valence-electron chi connectivity index (χ2n) is 12.6. The molecular formula is C31H49N3O7. The summed E-state index contributed by atoms with van der Waals surface area (Å²) in [5.41, 5.74) is -2.13. The zero-order valence-electron chi connectivity index (χ0n) is 25.3. The standard InChI is InChI=1S/C31H49N3O7/c1-7-9-10-16-40-29(38)25-24-27(36)34(23(20-35)21(3)4)26(31(24)19-22(5)30(25,6)41-31)28(37)33(11-8-2)13-12-32-14-17-39-18-15-32/h7-8,21-26,35H,1-2,9-20H2,3-6H3/t22?,23-,24-,25+,26?,30-,31?/m0/s1. The third-order valence-electron chi connectivity index (χ3n) is 9.80. The Labute approximate surface area is 244 Å². The molecule has 0 aromatic heterocycles. The summed E-state index contributed by atoms with van der Waals surface area (Å²) >= 11 is 0. The molecule has 7 atom stereocenters. The number of fused-ring (bicyclic) bond motifs is 1. The average molecular weight is 576 g/mol. The highest BCUT2D eigenvalue weighted by Gasteiger charge is 2.80. The average Bonchev–Trinajstić information content (AvgIpc) is 3.46. The van der Waals surface area contributed by atoms with E-state index >= 15 is 0 Å². The first-order valence-corrected chi connectivity index (χ1v) is 15.2. The van der Waals surface area contributed by atoms with Gasteiger partial charge < -0.3 is 29.1 Å². The fraction of sp³-hybridized carbons (Fsp3) is 0.774. The van der Waals surface area contributed by atoms with Gasteiger partial charge in [0.15, 0.2) is 0 Å². The number of carbonyl (C=O) groups excluding carboxylic acids is 3. The van der Waals surface area contributed by atoms with Gasteiger partial charge in [0.05, 0.1) is 44.0 Å². The van der Waals surface area contributed by atoms with Crippen LogP contribution < -0.4 is 0 Å². The molecule has 4 saturated heterocycles. The van der Waals surface area contributed by atoms with E-state index in [0.29, 0.717) is 45.7 Å². The Morgan fingerprint density at radius 3 is 2.56 bits per heavy atom. The van der Waals surface area contributed by atoms with Gasteiger partial charge in [0.1, 0.15) is 17.6 Å². The molecule has 4 fully saturated rings. The van der Waals surface area contributed by atoms with Crippen LogP contribution in [0.15, 0.2) is 25.3 Å². The predicted molar refractivity (Wildman–Crippen MR) is 154 cm³/mol. The maximum atomic E-state index is 14.6. The number of unbranched alkanes of at least 4 members (excludes halogenated alkanes) is 1. The zero-order valence-corrected chi connectivity index (χ0v) is 25.3. The van der Waals surface area contributed by atoms with Gasteiger partial charge in [0, 0.05) is 32.7 Å². The Balaban J connectivity index is 1.71. The van der Waals surface area contributed by atoms with Crippen molar-refractivity contribution < 1.29 is 33.7 Å². The summed E-state index contributed by atoms with van der Waals surface area (Å²) in [6.07, 6.45) is 5.30. The third kappa shape index (κ3) is 5.60. The van der Waals surface area contributed by atoms with Crippen molar-refractivity contribution in [3.05, 3.63) is 25.3 Å². The van der Waals surface area contributed by atoms with Crippen LogP contribution in [0.1, 0.15) is 47.0 Å². The summed E-state index contributed by atoms with van der Waals surface area (Å²) in [7, 11) is 0. The summed E-state index contributed by atoms with van der Waals surface area (Å²) in [6.45, 7) is 19.6. The molecule has 4 rings (SSSR count). The van der Waals surface area contributed by atoms with Crippen LogP contribution in [0.5, 0.6) is 0 Å². The highest BCUT2D eigenvalue weighted by molar-refractivity contribution is 5.98. The van der Waals surface area contributed by atoms with Crippen molar-refractivity contribution in [2.45, 2.75) is 70.2 Å². The fourth-order valence-electron chi connectivity index (χ4n) is 7.49. The van der Waals surface area contributed by atoms with Crippen molar-refractivity contribution in [1.82, 2.24) is 14.7 Å². The lowest BCUT2D eigenvalue weighted by atomic mass is 9.62. The molecule has 0 aromatic carbocycles. The normalized spacial score (nSPS) is 33.6. The van der Waals surface area contributed by atoms with E-state index < -0.39 is 41.1 Å². The predicted octanol–water partition coefficient (Wildman–Crippen LogP) is 1.87. The summed E-state index contributed by atoms with van der Waals surface area (Å²) in [6, 6.07) is -1.57. The van der Waals surface area contributed by atoms with Gasteiger partial charge in [-0.25, -0.2) is 0 Å². The van der Waals surface area contributed by atoms with Crippen molar-refractivity contribution >= 4 is 17.8 Å². The van der Waals surface area contributed by atoms with Gasteiger partial charge in [-0.05, 0) is 38.0 Å². The van der Waals surface area contributed by atoms with Gasteiger partial charge in [-0.2, -0.15) is 0 Å². The van der Waals surface area contributed by atoms with Gasteiger partial charge in [0.2, 0.25) is 11.8 Å². The van der Waals surface area contributed by atoms with Gasteiger partial charge in [-0.15, -0.1) is 13.2 Å². The number of hydrogen-bond donors (Lipinski definition) is 1. The van der Waals surface area contributed by atoms with Crippen LogP contribution in [0.4, 0.5) is 0 Å². The van der Waals surface area contributed by atoms with Crippen molar-refractivity contribution in [1.29, 1.82) is 0 Å². The molecule has 4 aliphatic heterocycles. The van der Waals surface area contributed by atoms with Crippen LogP contribution >= 0.6 is 0 Å². The number of carbonyl (C=O) groups is 3. The molecule has 2 amide bonds. The molecule has 10 nitrogen and oxygen atoms in total. The van der Waals surface area contributed by atoms with E-state index in [9.17, 15) is 19.5 Å². The number of ether oxygens (including phenoxy) is 3. The van der Waals surface area contributed by atoms with Crippen LogP contribution in [0, 0.1) is 23.7 Å². The van der Waals surface area contributed by atoms with E-state index in [-0.39, 0.29) is 36.9 Å². The topological polar surface area (TPSA) is 109 Å². The minimum Gasteiger partial charge on any atom is -0.465 e. The number of likely N-dealkylation sites (tertiary alicyclic amines) is 1. The van der Waals surface area contributed by atoms with Crippen molar-refractivity contribution in [3.8, 4) is 0 Å². The first kappa shape index (κ1) is 31.7. The highest BCUT2D eigenvalue weighted by Crippen LogP contribution is 2.65. The number of allylic oxidation sites excluding steroid dienone is 1. The van der Waals surface area contributed by atoms with Gasteiger partial charge in [-0.1, -0.05) is 32.9 Å². The Morgan fingerprint density at radius 1 is 1.24 bits per heavy atom. The lowest BCUT2D eigenvalue weighted by Gasteiger charge is -2.41. The maximum Gasteiger partial charge on any atom is 0.312 e. The summed E-state index contributed by atoms with van der Waals surface area (Å²) in [5.74, 6) is -2.91. The molecule has 4 heterocycles. The van der Waals surface area contributed by atoms with E-state index in [4.69, 9.17) is 14.2 Å². The van der Waals surface area contributed by atoms with Crippen LogP contribution in [-0.2, 0) is 28.6 Å². The first-order chi connectivity index (χ1) is 19.6. The van der Waals surface area contributed by atoms with Gasteiger partial charge in [0.25, 0.3) is 0 Å². The van der Waals surface area contributed by atoms with Crippen LogP contribution in [0.2, 0.25) is 0 Å². The fourth-order valence-corrected chi connectivity index (χ4v) is 7.49. The number of hydrogen-bond acceptors (Lipinski definition) is 8. The smallest absolute Gasteiger partial charge is 0.312 e. The van der Waals surface area contributed by atoms with Crippen LogP contribution in [0.3, 0.4) is 0 Å². The largest absolute Gasteiger partial charge is 0.465 e. The number of rotatable bonds is 14. The van der Waals surface area contributed by atoms with E-state index in [1.807, 2.05) is 27.7 Å². The van der Waals surface area contributed by atoms with E-state index in [2.05, 4.69) is 18.1 Å². The number of esters is 1. The van der Waals surface area contributed by atoms with Gasteiger partial charge in [-0.3, -0.25) is 19.3 Å². The number of aliphatic hydroxyl groups is 1. The quantitative estimate of drug-likeness (QED) is 0.190. The number of aliphatic hydroxyl groups excluding tert-OH is 1. The monoisotopic (exact) mass is 575 g/mol. The maximum absolute atomic E-state index is 14.6. The second kappa shape index (κ2) is 12.9. The van der Waals surface area contributed by atoms with Gasteiger partial charge >= 0.3 is 5.97 Å². The number of amides is 2. The van der Waals surface area contributed by atoms with E-state index in [1.54, 1.807) is 22.0 Å². The summed E-state index contributed by atoms with van der Waals surface area (Å²) in [5, 5.41) is 10.5. The Hall–Kier alpha value is -2.27. The van der Waals surface area contributed by atoms with Crippen LogP contribution in [0.25, 0.3) is 0 Å². The molecule has 4 aliphatic rings. The molecule has 1 spiro atoms. The Morgan fingerprint density at radius 2 is 1.95 bits per heavy atom. The molecule has 0 saturated carbocycles. The lowest BCUT2D eigenvalue weighted by molar-refractivity contribution is -0.164. The number of nitrogens with zero attached hydrogens (tertiary/aromatic N) is 3. The lowest BCUT2D eigenvalue weighted by Crippen LogP contribution is -2.60. The van der Waals surface area contributed by atoms with Crippen LogP contribution in [-0.4, -0.2) is 120 Å². The zero-order chi connectivity index (χ0) is 29.9. The van der Waals surface area contributed by atoms with Crippen molar-refractivity contribution in [2.24, 2.45) is 23.7 Å². The molecule has 10 heteroatoms. The molecular weight excluding hydrogens is 526 g/mol. The third-order valence-corrected chi connectivity index (χ3v) is 9.80. The molecule has 1 N–H and O–H groups in total. The molecule has 230 valence electrons. The molecule has 0 aromatic rings. The summed E-state index contributed by atoms with van der Waals surface area (Å²) < 4.78 is 18.0. The Bertz CT molecular complexity index is 998. The molecule has 41 heavy (non-hydrogen) atoms. The number of morpholine rings is 1. The highest BCUT2D eigenvalue weighted by atomic mass is 16.6. The molecule has 0 radical (unpaired) electrons. The molecule has 2 bridgehead atoms. The molecule has 0 aliphatic carbocycles. The first-order valence-electron chi connectivity index (χ1n) is 15.2.